The summed E-state index contributed by atoms with van der Waals surface area (Å²) in [4.78, 5) is 47.1. The number of hydrogen-bond donors (Lipinski definition) is 4. The number of Topliss-reactive ketones (excluding diaryl/α,β-unsaturated/α-hetero) is 1. The van der Waals surface area contributed by atoms with Gasteiger partial charge in [0, 0.05) is 31.5 Å². The van der Waals surface area contributed by atoms with E-state index in [1.807, 2.05) is 20.8 Å². The smallest absolute Gasteiger partial charge is 0.246 e. The maximum Gasteiger partial charge on any atom is 0.246 e. The second-order valence-electron chi connectivity index (χ2n) is 11.7. The lowest BCUT2D eigenvalue weighted by Crippen LogP contribution is -2.32. The van der Waals surface area contributed by atoms with Gasteiger partial charge in [0.15, 0.2) is 5.78 Å². The van der Waals surface area contributed by atoms with Gasteiger partial charge in [-0.25, -0.2) is 0 Å². The Hall–Kier alpha value is -2.20. The molecule has 0 aliphatic rings. The Morgan fingerprint density at radius 2 is 0.848 bits per heavy atom. The molecular weight excluding hydrogens is 600 g/mol. The van der Waals surface area contributed by atoms with Gasteiger partial charge in [0.25, 0.3) is 0 Å². The minimum absolute atomic E-state index is 0.0364. The molecule has 0 aliphatic heterocycles. The third-order valence-corrected chi connectivity index (χ3v) is 6.47. The predicted molar refractivity (Wildman–Crippen MR) is 174 cm³/mol. The van der Waals surface area contributed by atoms with Crippen molar-refractivity contribution in [1.29, 1.82) is 0 Å². The zero-order valence-electron chi connectivity index (χ0n) is 28.6. The van der Waals surface area contributed by atoms with Crippen molar-refractivity contribution in [3.05, 3.63) is 0 Å². The highest BCUT2D eigenvalue weighted by atomic mass is 16.5. The zero-order valence-corrected chi connectivity index (χ0v) is 28.6. The molecule has 0 unspecified atom stereocenters. The second kappa shape index (κ2) is 31.4. The van der Waals surface area contributed by atoms with Gasteiger partial charge in [-0.3, -0.25) is 19.2 Å². The molecule has 0 aromatic carbocycles. The van der Waals surface area contributed by atoms with Crippen molar-refractivity contribution in [2.75, 3.05) is 105 Å². The molecule has 0 atom stereocenters. The number of nitrogens with one attached hydrogen (secondary N) is 3. The first-order chi connectivity index (χ1) is 22.2. The number of nitrogens with two attached hydrogens (primary N) is 1. The summed E-state index contributed by atoms with van der Waals surface area (Å²) in [5.41, 5.74) is 5.07. The Kier molecular flexibility index (Phi) is 29.9. The monoisotopic (exact) mass is 662 g/mol. The number of hydrogen-bond acceptors (Lipinski definition) is 11. The Bertz CT molecular complexity index is 780. The number of unbranched alkanes of at least 4 members (excludes halogenated alkanes) is 6. The van der Waals surface area contributed by atoms with Crippen LogP contribution in [0.5, 0.6) is 0 Å². The van der Waals surface area contributed by atoms with Crippen molar-refractivity contribution in [1.82, 2.24) is 16.0 Å². The maximum absolute atomic E-state index is 11.8. The number of rotatable bonds is 33. The van der Waals surface area contributed by atoms with Crippen molar-refractivity contribution in [3.63, 3.8) is 0 Å². The second-order valence-corrected chi connectivity index (χ2v) is 11.7. The summed E-state index contributed by atoms with van der Waals surface area (Å²) >= 11 is 0. The number of carbonyl (C=O) groups excluding carboxylic acids is 4. The van der Waals surface area contributed by atoms with E-state index in [9.17, 15) is 19.2 Å². The summed E-state index contributed by atoms with van der Waals surface area (Å²) in [5, 5.41) is 8.21. The van der Waals surface area contributed by atoms with Crippen LogP contribution in [0.3, 0.4) is 0 Å². The summed E-state index contributed by atoms with van der Waals surface area (Å²) in [6, 6.07) is 0. The predicted octanol–water partition coefficient (Wildman–Crippen LogP) is 1.13. The van der Waals surface area contributed by atoms with E-state index in [-0.39, 0.29) is 63.1 Å². The van der Waals surface area contributed by atoms with Gasteiger partial charge in [-0.2, -0.15) is 0 Å². The first-order valence-corrected chi connectivity index (χ1v) is 16.7. The molecule has 14 nitrogen and oxygen atoms in total. The molecule has 3 amide bonds. The third-order valence-electron chi connectivity index (χ3n) is 6.47. The molecule has 0 saturated carbocycles. The van der Waals surface area contributed by atoms with E-state index < -0.39 is 5.41 Å². The van der Waals surface area contributed by atoms with E-state index in [1.165, 1.54) is 19.3 Å². The normalized spacial score (nSPS) is 11.4. The van der Waals surface area contributed by atoms with Crippen LogP contribution in [0, 0.1) is 5.41 Å². The molecule has 0 aliphatic carbocycles. The lowest BCUT2D eigenvalue weighted by atomic mass is 9.91. The quantitative estimate of drug-likeness (QED) is 0.0739. The van der Waals surface area contributed by atoms with Crippen LogP contribution in [-0.2, 0) is 47.6 Å². The van der Waals surface area contributed by atoms with Crippen LogP contribution in [0.25, 0.3) is 0 Å². The van der Waals surface area contributed by atoms with E-state index in [0.29, 0.717) is 65.7 Å². The Morgan fingerprint density at radius 1 is 0.478 bits per heavy atom. The van der Waals surface area contributed by atoms with Gasteiger partial charge in [0.2, 0.25) is 17.7 Å². The molecule has 0 radical (unpaired) electrons. The maximum atomic E-state index is 11.8. The Balaban J connectivity index is 3.37. The molecule has 0 heterocycles. The Morgan fingerprint density at radius 3 is 1.28 bits per heavy atom. The fraction of sp³-hybridized carbons (Fsp3) is 0.875. The average Bonchev–Trinajstić information content (AvgIpc) is 3.01. The molecule has 0 saturated heterocycles. The van der Waals surface area contributed by atoms with E-state index in [1.54, 1.807) is 0 Å². The molecule has 0 fully saturated rings. The molecule has 0 aromatic rings. The zero-order chi connectivity index (χ0) is 34.1. The fourth-order valence-corrected chi connectivity index (χ4v) is 3.66. The van der Waals surface area contributed by atoms with Crippen molar-refractivity contribution in [3.8, 4) is 0 Å². The van der Waals surface area contributed by atoms with Gasteiger partial charge in [-0.05, 0) is 19.4 Å². The van der Waals surface area contributed by atoms with Crippen LogP contribution in [0.1, 0.15) is 72.1 Å². The van der Waals surface area contributed by atoms with Crippen molar-refractivity contribution >= 4 is 23.5 Å². The summed E-state index contributed by atoms with van der Waals surface area (Å²) < 4.78 is 32.0. The SMILES string of the molecule is CC(C)(C)C(=O)COCCOCCNC(=O)COCCOCCNC(=O)COCCOCCNC(=O)CCCCCCCCCN. The van der Waals surface area contributed by atoms with Gasteiger partial charge in [0.05, 0.1) is 59.5 Å². The van der Waals surface area contributed by atoms with E-state index in [4.69, 9.17) is 34.2 Å². The molecule has 0 rings (SSSR count). The highest BCUT2D eigenvalue weighted by molar-refractivity contribution is 5.84. The fourth-order valence-electron chi connectivity index (χ4n) is 3.66. The van der Waals surface area contributed by atoms with Crippen molar-refractivity contribution in [2.24, 2.45) is 11.1 Å². The largest absolute Gasteiger partial charge is 0.377 e. The van der Waals surface area contributed by atoms with Crippen LogP contribution in [0.15, 0.2) is 0 Å². The number of amides is 3. The van der Waals surface area contributed by atoms with Gasteiger partial charge in [-0.1, -0.05) is 52.9 Å². The summed E-state index contributed by atoms with van der Waals surface area (Å²) in [6.07, 6.45) is 8.38. The molecule has 14 heteroatoms. The van der Waals surface area contributed by atoms with E-state index in [0.717, 1.165) is 32.2 Å². The van der Waals surface area contributed by atoms with Gasteiger partial charge in [-0.15, -0.1) is 0 Å². The lowest BCUT2D eigenvalue weighted by Gasteiger charge is -2.16. The molecule has 0 bridgehead atoms. The molecule has 0 spiro atoms. The average molecular weight is 663 g/mol. The minimum atomic E-state index is -0.418. The topological polar surface area (TPSA) is 186 Å². The van der Waals surface area contributed by atoms with E-state index in [2.05, 4.69) is 16.0 Å². The molecule has 46 heavy (non-hydrogen) atoms. The van der Waals surface area contributed by atoms with Crippen LogP contribution in [0.2, 0.25) is 0 Å². The van der Waals surface area contributed by atoms with Gasteiger partial charge in [0.1, 0.15) is 19.8 Å². The van der Waals surface area contributed by atoms with Crippen LogP contribution in [-0.4, -0.2) is 129 Å². The molecular formula is C32H62N4O10. The van der Waals surface area contributed by atoms with Gasteiger partial charge < -0.3 is 50.1 Å². The Labute approximate surface area is 275 Å². The first kappa shape index (κ1) is 43.8. The summed E-state index contributed by atoms with van der Waals surface area (Å²) in [6.45, 7) is 10.1. The molecule has 270 valence electrons. The van der Waals surface area contributed by atoms with Crippen LogP contribution in [0.4, 0.5) is 0 Å². The van der Waals surface area contributed by atoms with Crippen LogP contribution < -0.4 is 21.7 Å². The highest BCUT2D eigenvalue weighted by Gasteiger charge is 2.20. The van der Waals surface area contributed by atoms with E-state index >= 15 is 0 Å². The minimum Gasteiger partial charge on any atom is -0.377 e. The number of ketones is 1. The molecule has 5 N–H and O–H groups in total. The van der Waals surface area contributed by atoms with Crippen molar-refractivity contribution in [2.45, 2.75) is 72.1 Å². The summed E-state index contributed by atoms with van der Waals surface area (Å²) in [5.74, 6) is -0.439. The number of ether oxygens (including phenoxy) is 6. The highest BCUT2D eigenvalue weighted by Crippen LogP contribution is 2.14. The lowest BCUT2D eigenvalue weighted by molar-refractivity contribution is -0.131. The van der Waals surface area contributed by atoms with Crippen LogP contribution >= 0.6 is 0 Å². The van der Waals surface area contributed by atoms with Crippen molar-refractivity contribution < 1.29 is 47.6 Å². The third kappa shape index (κ3) is 31.8. The number of carbonyl (C=O) groups is 4. The first-order valence-electron chi connectivity index (χ1n) is 16.7. The van der Waals surface area contributed by atoms with Gasteiger partial charge >= 0.3 is 0 Å². The standard InChI is InChI=1S/C32H62N4O10/c1-32(2,3)28(37)25-44-22-19-42-17-14-35-30(39)27-46-24-21-43-18-15-36-31(40)26-45-23-20-41-16-13-34-29(38)11-9-7-5-4-6-8-10-12-33/h4-27,33H2,1-3H3,(H,34,38)(H,35,39)(H,36,40). The summed E-state index contributed by atoms with van der Waals surface area (Å²) in [7, 11) is 0. The molecule has 0 aromatic heterocycles.